The van der Waals surface area contributed by atoms with Gasteiger partial charge in [-0.15, -0.1) is 0 Å². The fourth-order valence-electron chi connectivity index (χ4n) is 1.43. The van der Waals surface area contributed by atoms with Crippen LogP contribution in [-0.4, -0.2) is 13.7 Å². The van der Waals surface area contributed by atoms with Crippen LogP contribution < -0.4 is 10.5 Å². The molecule has 0 bridgehead atoms. The highest BCUT2D eigenvalue weighted by atomic mass is 35.5. The van der Waals surface area contributed by atoms with Crippen LogP contribution in [0.4, 0.5) is 11.4 Å². The number of nitrogen functional groups attached to an aromatic ring is 1. The lowest BCUT2D eigenvalue weighted by molar-refractivity contribution is 0.600. The molecule has 0 unspecified atom stereocenters. The molecule has 1 aliphatic carbocycles. The Kier molecular flexibility index (Phi) is 2.75. The maximum absolute atomic E-state index is 11.7. The van der Waals surface area contributed by atoms with Gasteiger partial charge in [-0.1, -0.05) is 11.6 Å². The summed E-state index contributed by atoms with van der Waals surface area (Å²) in [5.74, 6) is 0. The number of nitrogens with two attached hydrogens (primary N) is 1. The number of nitrogens with one attached hydrogen (secondary N) is 1. The third-order valence-corrected chi connectivity index (χ3v) is 4.74. The van der Waals surface area contributed by atoms with E-state index in [4.69, 9.17) is 17.3 Å². The first-order valence-corrected chi connectivity index (χ1v) is 6.90. The van der Waals surface area contributed by atoms with E-state index in [1.54, 1.807) is 19.1 Å². The van der Waals surface area contributed by atoms with E-state index in [-0.39, 0.29) is 5.25 Å². The van der Waals surface area contributed by atoms with E-state index in [2.05, 4.69) is 4.72 Å². The zero-order valence-electron chi connectivity index (χ0n) is 8.83. The highest BCUT2D eigenvalue weighted by molar-refractivity contribution is 7.93. The van der Waals surface area contributed by atoms with Crippen molar-refractivity contribution in [2.75, 3.05) is 10.5 Å². The molecule has 4 nitrogen and oxygen atoms in total. The SMILES string of the molecule is Cc1cc(N)c(Cl)cc1NS(=O)(=O)C1CC1. The predicted octanol–water partition coefficient (Wildman–Crippen LogP) is 2.13. The Bertz CT molecular complexity index is 524. The molecule has 0 saturated heterocycles. The van der Waals surface area contributed by atoms with E-state index in [0.717, 1.165) is 18.4 Å². The van der Waals surface area contributed by atoms with Crippen molar-refractivity contribution in [3.05, 3.63) is 22.7 Å². The molecule has 6 heteroatoms. The van der Waals surface area contributed by atoms with Gasteiger partial charge in [0.2, 0.25) is 10.0 Å². The summed E-state index contributed by atoms with van der Waals surface area (Å²) in [5, 5.41) is 0.113. The highest BCUT2D eigenvalue weighted by Gasteiger charge is 2.35. The van der Waals surface area contributed by atoms with Crippen LogP contribution in [0.1, 0.15) is 18.4 Å². The molecule has 2 rings (SSSR count). The first-order valence-electron chi connectivity index (χ1n) is 4.97. The summed E-state index contributed by atoms with van der Waals surface area (Å²) in [6, 6.07) is 3.21. The van der Waals surface area contributed by atoms with Crippen molar-refractivity contribution in [2.24, 2.45) is 0 Å². The van der Waals surface area contributed by atoms with Gasteiger partial charge in [0, 0.05) is 0 Å². The zero-order valence-corrected chi connectivity index (χ0v) is 10.4. The molecule has 1 aliphatic rings. The molecule has 0 spiro atoms. The minimum absolute atomic E-state index is 0.247. The Morgan fingerprint density at radius 2 is 2.06 bits per heavy atom. The van der Waals surface area contributed by atoms with Gasteiger partial charge in [-0.3, -0.25) is 4.72 Å². The number of hydrogen-bond acceptors (Lipinski definition) is 3. The van der Waals surface area contributed by atoms with Crippen LogP contribution in [0.25, 0.3) is 0 Å². The summed E-state index contributed by atoms with van der Waals surface area (Å²) in [7, 11) is -3.24. The van der Waals surface area contributed by atoms with Crippen LogP contribution in [-0.2, 0) is 10.0 Å². The highest BCUT2D eigenvalue weighted by Crippen LogP contribution is 2.32. The van der Waals surface area contributed by atoms with Crippen molar-refractivity contribution in [3.63, 3.8) is 0 Å². The number of rotatable bonds is 3. The number of hydrogen-bond donors (Lipinski definition) is 2. The standard InChI is InChI=1S/C10H13ClN2O2S/c1-6-4-9(12)8(11)5-10(6)13-16(14,15)7-2-3-7/h4-5,7,13H,2-3,12H2,1H3. The van der Waals surface area contributed by atoms with Gasteiger partial charge >= 0.3 is 0 Å². The van der Waals surface area contributed by atoms with Gasteiger partial charge in [-0.05, 0) is 37.5 Å². The average molecular weight is 261 g/mol. The Morgan fingerprint density at radius 1 is 1.44 bits per heavy atom. The normalized spacial score (nSPS) is 16.1. The molecule has 16 heavy (non-hydrogen) atoms. The fourth-order valence-corrected chi connectivity index (χ4v) is 3.04. The van der Waals surface area contributed by atoms with Crippen LogP contribution in [0.2, 0.25) is 5.02 Å². The predicted molar refractivity (Wildman–Crippen MR) is 66.2 cm³/mol. The monoisotopic (exact) mass is 260 g/mol. The molecule has 1 aromatic rings. The van der Waals surface area contributed by atoms with Gasteiger partial charge in [0.15, 0.2) is 0 Å². The smallest absolute Gasteiger partial charge is 0.235 e. The molecule has 0 atom stereocenters. The van der Waals surface area contributed by atoms with Crippen molar-refractivity contribution >= 4 is 33.0 Å². The van der Waals surface area contributed by atoms with Crippen molar-refractivity contribution in [1.29, 1.82) is 0 Å². The Morgan fingerprint density at radius 3 is 2.62 bits per heavy atom. The minimum Gasteiger partial charge on any atom is -0.398 e. The molecule has 3 N–H and O–H groups in total. The van der Waals surface area contributed by atoms with Crippen LogP contribution in [0.5, 0.6) is 0 Å². The molecule has 88 valence electrons. The lowest BCUT2D eigenvalue weighted by Gasteiger charge is -2.11. The number of sulfonamides is 1. The third kappa shape index (κ3) is 2.25. The van der Waals surface area contributed by atoms with Crippen LogP contribution in [0.3, 0.4) is 0 Å². The summed E-state index contributed by atoms with van der Waals surface area (Å²) in [4.78, 5) is 0. The van der Waals surface area contributed by atoms with Gasteiger partial charge < -0.3 is 5.73 Å². The molecule has 1 aromatic carbocycles. The molecule has 1 saturated carbocycles. The van der Waals surface area contributed by atoms with Crippen molar-refractivity contribution in [3.8, 4) is 0 Å². The lowest BCUT2D eigenvalue weighted by atomic mass is 10.2. The molecule has 0 aromatic heterocycles. The summed E-state index contributed by atoms with van der Waals surface area (Å²) in [6.45, 7) is 1.79. The molecular weight excluding hydrogens is 248 g/mol. The van der Waals surface area contributed by atoms with E-state index in [1.165, 1.54) is 0 Å². The van der Waals surface area contributed by atoms with E-state index in [1.807, 2.05) is 0 Å². The van der Waals surface area contributed by atoms with Crippen LogP contribution in [0.15, 0.2) is 12.1 Å². The number of halogens is 1. The van der Waals surface area contributed by atoms with Gasteiger partial charge in [0.25, 0.3) is 0 Å². The number of aryl methyl sites for hydroxylation is 1. The summed E-state index contributed by atoms with van der Waals surface area (Å²) < 4.78 is 26.0. The summed E-state index contributed by atoms with van der Waals surface area (Å²) in [5.41, 5.74) is 7.34. The second kappa shape index (κ2) is 3.82. The maximum Gasteiger partial charge on any atom is 0.235 e. The minimum atomic E-state index is -3.24. The molecule has 1 fully saturated rings. The van der Waals surface area contributed by atoms with Gasteiger partial charge in [-0.25, -0.2) is 8.42 Å². The number of anilines is 2. The molecular formula is C10H13ClN2O2S. The quantitative estimate of drug-likeness (QED) is 0.818. The second-order valence-corrected chi connectivity index (χ2v) is 6.40. The fraction of sp³-hybridized carbons (Fsp3) is 0.400. The molecule has 0 heterocycles. The largest absolute Gasteiger partial charge is 0.398 e. The Hall–Kier alpha value is -0.940. The molecule has 0 aliphatic heterocycles. The third-order valence-electron chi connectivity index (χ3n) is 2.56. The van der Waals surface area contributed by atoms with E-state index >= 15 is 0 Å². The number of benzene rings is 1. The first kappa shape index (κ1) is 11.5. The summed E-state index contributed by atoms with van der Waals surface area (Å²) >= 11 is 5.85. The van der Waals surface area contributed by atoms with Gasteiger partial charge in [-0.2, -0.15) is 0 Å². The lowest BCUT2D eigenvalue weighted by Crippen LogP contribution is -2.18. The van der Waals surface area contributed by atoms with Crippen molar-refractivity contribution in [2.45, 2.75) is 25.0 Å². The maximum atomic E-state index is 11.7. The Labute approximate surface area is 99.8 Å². The van der Waals surface area contributed by atoms with Crippen LogP contribution >= 0.6 is 11.6 Å². The van der Waals surface area contributed by atoms with E-state index in [9.17, 15) is 8.42 Å². The van der Waals surface area contributed by atoms with Crippen LogP contribution in [0, 0.1) is 6.92 Å². The molecule has 0 amide bonds. The van der Waals surface area contributed by atoms with Crippen molar-refractivity contribution in [1.82, 2.24) is 0 Å². The second-order valence-electron chi connectivity index (χ2n) is 4.04. The van der Waals surface area contributed by atoms with E-state index in [0.29, 0.717) is 16.4 Å². The molecule has 0 radical (unpaired) electrons. The zero-order chi connectivity index (χ0) is 11.9. The average Bonchev–Trinajstić information content (AvgIpc) is 2.96. The van der Waals surface area contributed by atoms with E-state index < -0.39 is 10.0 Å². The van der Waals surface area contributed by atoms with Crippen molar-refractivity contribution < 1.29 is 8.42 Å². The summed E-state index contributed by atoms with van der Waals surface area (Å²) in [6.07, 6.45) is 1.47. The van der Waals surface area contributed by atoms with Gasteiger partial charge in [0.05, 0.1) is 21.6 Å². The topological polar surface area (TPSA) is 72.2 Å². The first-order chi connectivity index (χ1) is 7.40. The van der Waals surface area contributed by atoms with Gasteiger partial charge in [0.1, 0.15) is 0 Å². The Balaban J connectivity index is 2.31.